The zero-order valence-electron chi connectivity index (χ0n) is 15.0. The summed E-state index contributed by atoms with van der Waals surface area (Å²) in [6.07, 6.45) is 0. The van der Waals surface area contributed by atoms with Crippen LogP contribution in [0, 0.1) is 5.82 Å². The number of aromatic nitrogens is 2. The summed E-state index contributed by atoms with van der Waals surface area (Å²) < 4.78 is 18.3. The molecule has 0 aliphatic carbocycles. The maximum Gasteiger partial charge on any atom is 0.339 e. The Bertz CT molecular complexity index is 993. The standard InChI is InChI=1S/C20H17FN4O3/c1-28-20(27)14-7-3-5-9-16(14)23-19(26)17-10-11-18(25-24-17)22-12-13-6-2-4-8-15(13)21/h2-11H,12H2,1H3,(H,22,25)(H,23,26). The Balaban J connectivity index is 1.66. The molecule has 3 aromatic rings. The molecule has 0 aliphatic rings. The van der Waals surface area contributed by atoms with Crippen LogP contribution in [0.1, 0.15) is 26.4 Å². The monoisotopic (exact) mass is 380 g/mol. The molecule has 0 saturated carbocycles. The molecule has 0 saturated heterocycles. The quantitative estimate of drug-likeness (QED) is 0.638. The lowest BCUT2D eigenvalue weighted by molar-refractivity contribution is 0.0602. The van der Waals surface area contributed by atoms with E-state index in [0.29, 0.717) is 17.1 Å². The van der Waals surface area contributed by atoms with E-state index in [4.69, 9.17) is 4.74 Å². The molecule has 0 spiro atoms. The number of amides is 1. The van der Waals surface area contributed by atoms with Crippen LogP contribution < -0.4 is 10.6 Å². The first-order valence-electron chi connectivity index (χ1n) is 8.38. The van der Waals surface area contributed by atoms with E-state index in [0.717, 1.165) is 0 Å². The molecule has 2 N–H and O–H groups in total. The molecule has 0 fully saturated rings. The van der Waals surface area contributed by atoms with Gasteiger partial charge in [0.15, 0.2) is 5.69 Å². The second-order valence-corrected chi connectivity index (χ2v) is 5.74. The molecule has 28 heavy (non-hydrogen) atoms. The Morgan fingerprint density at radius 1 is 1.00 bits per heavy atom. The minimum absolute atomic E-state index is 0.0658. The molecule has 142 valence electrons. The van der Waals surface area contributed by atoms with Gasteiger partial charge in [0.1, 0.15) is 11.6 Å². The molecule has 0 unspecified atom stereocenters. The number of hydrogen-bond donors (Lipinski definition) is 2. The Labute approximate surface area is 160 Å². The topological polar surface area (TPSA) is 93.2 Å². The zero-order chi connectivity index (χ0) is 19.9. The largest absolute Gasteiger partial charge is 0.465 e. The molecule has 0 atom stereocenters. The smallest absolute Gasteiger partial charge is 0.339 e. The van der Waals surface area contributed by atoms with Crippen LogP contribution in [0.25, 0.3) is 0 Å². The van der Waals surface area contributed by atoms with Crippen LogP contribution in [0.15, 0.2) is 60.7 Å². The van der Waals surface area contributed by atoms with Gasteiger partial charge in [-0.25, -0.2) is 9.18 Å². The van der Waals surface area contributed by atoms with Crippen molar-refractivity contribution < 1.29 is 18.7 Å². The van der Waals surface area contributed by atoms with Gasteiger partial charge in [0, 0.05) is 12.1 Å². The summed E-state index contributed by atoms with van der Waals surface area (Å²) in [6, 6.07) is 15.9. The predicted molar refractivity (Wildman–Crippen MR) is 101 cm³/mol. The van der Waals surface area contributed by atoms with E-state index in [-0.39, 0.29) is 23.6 Å². The third kappa shape index (κ3) is 4.47. The number of carbonyl (C=O) groups excluding carboxylic acids is 2. The lowest BCUT2D eigenvalue weighted by Gasteiger charge is -2.09. The van der Waals surface area contributed by atoms with Gasteiger partial charge in [-0.1, -0.05) is 30.3 Å². The van der Waals surface area contributed by atoms with Gasteiger partial charge in [-0.15, -0.1) is 10.2 Å². The zero-order valence-corrected chi connectivity index (χ0v) is 15.0. The summed E-state index contributed by atoms with van der Waals surface area (Å²) in [7, 11) is 1.26. The van der Waals surface area contributed by atoms with E-state index in [1.165, 1.54) is 19.2 Å². The van der Waals surface area contributed by atoms with Crippen LogP contribution in [0.3, 0.4) is 0 Å². The van der Waals surface area contributed by atoms with Gasteiger partial charge in [0.2, 0.25) is 0 Å². The molecule has 3 rings (SSSR count). The summed E-state index contributed by atoms with van der Waals surface area (Å²) in [5, 5.41) is 13.4. The number of rotatable bonds is 6. The van der Waals surface area contributed by atoms with Crippen molar-refractivity contribution in [2.45, 2.75) is 6.54 Å². The van der Waals surface area contributed by atoms with Gasteiger partial charge >= 0.3 is 5.97 Å². The van der Waals surface area contributed by atoms with Crippen molar-refractivity contribution in [3.63, 3.8) is 0 Å². The minimum atomic E-state index is -0.560. The Hall–Kier alpha value is -3.81. The average Bonchev–Trinajstić information content (AvgIpc) is 2.73. The molecule has 1 amide bonds. The summed E-state index contributed by atoms with van der Waals surface area (Å²) in [5.74, 6) is -1.00. The molecular formula is C20H17FN4O3. The fourth-order valence-electron chi connectivity index (χ4n) is 2.44. The minimum Gasteiger partial charge on any atom is -0.465 e. The number of nitrogens with one attached hydrogen (secondary N) is 2. The van der Waals surface area contributed by atoms with Gasteiger partial charge < -0.3 is 15.4 Å². The van der Waals surface area contributed by atoms with Crippen LogP contribution >= 0.6 is 0 Å². The van der Waals surface area contributed by atoms with Gasteiger partial charge in [-0.05, 0) is 30.3 Å². The molecule has 0 radical (unpaired) electrons. The van der Waals surface area contributed by atoms with Crippen molar-refractivity contribution in [1.29, 1.82) is 0 Å². The van der Waals surface area contributed by atoms with Crippen LogP contribution in [0.4, 0.5) is 15.9 Å². The van der Waals surface area contributed by atoms with Crippen LogP contribution in [0.2, 0.25) is 0 Å². The van der Waals surface area contributed by atoms with Crippen molar-refractivity contribution >= 4 is 23.4 Å². The van der Waals surface area contributed by atoms with E-state index < -0.39 is 11.9 Å². The van der Waals surface area contributed by atoms with Gasteiger partial charge in [-0.3, -0.25) is 4.79 Å². The number of carbonyl (C=O) groups is 2. The van der Waals surface area contributed by atoms with Crippen molar-refractivity contribution in [2.75, 3.05) is 17.7 Å². The molecule has 0 bridgehead atoms. The van der Waals surface area contributed by atoms with Crippen LogP contribution in [-0.4, -0.2) is 29.2 Å². The van der Waals surface area contributed by atoms with Gasteiger partial charge in [-0.2, -0.15) is 0 Å². The molecule has 1 heterocycles. The fourth-order valence-corrected chi connectivity index (χ4v) is 2.44. The Morgan fingerprint density at radius 2 is 1.75 bits per heavy atom. The number of benzene rings is 2. The number of ether oxygens (including phenoxy) is 1. The Kier molecular flexibility index (Phi) is 5.91. The molecule has 7 nitrogen and oxygen atoms in total. The average molecular weight is 380 g/mol. The third-order valence-corrected chi connectivity index (χ3v) is 3.90. The highest BCUT2D eigenvalue weighted by atomic mass is 19.1. The van der Waals surface area contributed by atoms with Gasteiger partial charge in [0.05, 0.1) is 18.4 Å². The number of halogens is 1. The van der Waals surface area contributed by atoms with E-state index in [1.54, 1.807) is 48.5 Å². The van der Waals surface area contributed by atoms with Crippen LogP contribution in [-0.2, 0) is 11.3 Å². The summed E-state index contributed by atoms with van der Waals surface area (Å²) in [5.41, 5.74) is 1.10. The SMILES string of the molecule is COC(=O)c1ccccc1NC(=O)c1ccc(NCc2ccccc2F)nn1. The van der Waals surface area contributed by atoms with Crippen LogP contribution in [0.5, 0.6) is 0 Å². The normalized spacial score (nSPS) is 10.2. The van der Waals surface area contributed by atoms with E-state index in [1.807, 2.05) is 0 Å². The summed E-state index contributed by atoms with van der Waals surface area (Å²) >= 11 is 0. The molecule has 1 aromatic heterocycles. The highest BCUT2D eigenvalue weighted by Gasteiger charge is 2.15. The van der Waals surface area contributed by atoms with E-state index in [9.17, 15) is 14.0 Å². The lowest BCUT2D eigenvalue weighted by Crippen LogP contribution is -2.17. The first-order valence-corrected chi connectivity index (χ1v) is 8.38. The van der Waals surface area contributed by atoms with Crippen molar-refractivity contribution in [2.24, 2.45) is 0 Å². The predicted octanol–water partition coefficient (Wildman–Crippen LogP) is 3.27. The second kappa shape index (κ2) is 8.72. The van der Waals surface area contributed by atoms with Crippen molar-refractivity contribution in [1.82, 2.24) is 10.2 Å². The number of nitrogens with zero attached hydrogens (tertiary/aromatic N) is 2. The summed E-state index contributed by atoms with van der Waals surface area (Å²) in [6.45, 7) is 0.236. The van der Waals surface area contributed by atoms with E-state index in [2.05, 4.69) is 20.8 Å². The fraction of sp³-hybridized carbons (Fsp3) is 0.100. The summed E-state index contributed by atoms with van der Waals surface area (Å²) in [4.78, 5) is 24.2. The lowest BCUT2D eigenvalue weighted by atomic mass is 10.1. The maximum absolute atomic E-state index is 13.6. The first kappa shape index (κ1) is 19.0. The number of methoxy groups -OCH3 is 1. The number of hydrogen-bond acceptors (Lipinski definition) is 6. The highest BCUT2D eigenvalue weighted by Crippen LogP contribution is 2.17. The van der Waals surface area contributed by atoms with Crippen molar-refractivity contribution in [3.8, 4) is 0 Å². The van der Waals surface area contributed by atoms with E-state index >= 15 is 0 Å². The molecule has 0 aliphatic heterocycles. The Morgan fingerprint density at radius 3 is 2.46 bits per heavy atom. The van der Waals surface area contributed by atoms with Crippen molar-refractivity contribution in [3.05, 3.63) is 83.3 Å². The molecule has 2 aromatic carbocycles. The second-order valence-electron chi connectivity index (χ2n) is 5.74. The maximum atomic E-state index is 13.6. The number of para-hydroxylation sites is 1. The van der Waals surface area contributed by atoms with Gasteiger partial charge in [0.25, 0.3) is 5.91 Å². The number of anilines is 2. The third-order valence-electron chi connectivity index (χ3n) is 3.90. The molecular weight excluding hydrogens is 363 g/mol. The highest BCUT2D eigenvalue weighted by molar-refractivity contribution is 6.07. The first-order chi connectivity index (χ1) is 13.6. The number of esters is 1. The molecule has 8 heteroatoms.